The largest absolute Gasteiger partial charge is 0.298 e. The number of rotatable bonds is 2. The quantitative estimate of drug-likeness (QED) is 0.598. The van der Waals surface area contributed by atoms with Crippen LogP contribution < -0.4 is 0 Å². The maximum atomic E-state index is 10.8. The van der Waals surface area contributed by atoms with E-state index in [4.69, 9.17) is 11.6 Å². The molecule has 0 spiro atoms. The predicted octanol–water partition coefficient (Wildman–Crippen LogP) is 4.97. The van der Waals surface area contributed by atoms with Gasteiger partial charge in [0.2, 0.25) is 0 Å². The summed E-state index contributed by atoms with van der Waals surface area (Å²) < 4.78 is 0. The van der Waals surface area contributed by atoms with Crippen LogP contribution in [0.2, 0.25) is 5.02 Å². The Balaban J connectivity index is 2.13. The zero-order valence-corrected chi connectivity index (χ0v) is 10.9. The Bertz CT molecular complexity index is 762. The fourth-order valence-corrected chi connectivity index (χ4v) is 2.40. The summed E-state index contributed by atoms with van der Waals surface area (Å²) in [5, 5.41) is 2.89. The number of fused-ring (bicyclic) bond motifs is 1. The van der Waals surface area contributed by atoms with Gasteiger partial charge in [-0.05, 0) is 40.1 Å². The standard InChI is InChI=1S/C17H11ClO/c18-17-10-15(7-8-16(17)11-19)14-6-5-12-3-1-2-4-13(12)9-14/h1-11H. The number of aldehydes is 1. The molecule has 0 aromatic heterocycles. The summed E-state index contributed by atoms with van der Waals surface area (Å²) in [6.07, 6.45) is 0.770. The predicted molar refractivity (Wildman–Crippen MR) is 79.8 cm³/mol. The molecule has 0 aliphatic rings. The highest BCUT2D eigenvalue weighted by atomic mass is 35.5. The Morgan fingerprint density at radius 1 is 0.789 bits per heavy atom. The van der Waals surface area contributed by atoms with Gasteiger partial charge in [-0.25, -0.2) is 0 Å². The van der Waals surface area contributed by atoms with Gasteiger partial charge in [-0.3, -0.25) is 4.79 Å². The number of carbonyl (C=O) groups excluding carboxylic acids is 1. The van der Waals surface area contributed by atoms with Crippen LogP contribution in [0.1, 0.15) is 10.4 Å². The average Bonchev–Trinajstić information content (AvgIpc) is 2.46. The van der Waals surface area contributed by atoms with Crippen molar-refractivity contribution in [2.45, 2.75) is 0 Å². The van der Waals surface area contributed by atoms with E-state index in [-0.39, 0.29) is 0 Å². The topological polar surface area (TPSA) is 17.1 Å². The third-order valence-corrected chi connectivity index (χ3v) is 3.54. The summed E-state index contributed by atoms with van der Waals surface area (Å²) in [4.78, 5) is 10.8. The van der Waals surface area contributed by atoms with Crippen molar-refractivity contribution in [2.75, 3.05) is 0 Å². The average molecular weight is 267 g/mol. The molecule has 0 bridgehead atoms. The summed E-state index contributed by atoms with van der Waals surface area (Å²) in [6, 6.07) is 20.0. The minimum Gasteiger partial charge on any atom is -0.298 e. The van der Waals surface area contributed by atoms with Gasteiger partial charge in [-0.1, -0.05) is 54.1 Å². The first-order chi connectivity index (χ1) is 9.28. The third-order valence-electron chi connectivity index (χ3n) is 3.21. The van der Waals surface area contributed by atoms with Crippen molar-refractivity contribution in [3.63, 3.8) is 0 Å². The Hall–Kier alpha value is -2.12. The lowest BCUT2D eigenvalue weighted by Gasteiger charge is -2.05. The van der Waals surface area contributed by atoms with Crippen LogP contribution in [0.15, 0.2) is 60.7 Å². The molecule has 0 saturated heterocycles. The zero-order chi connectivity index (χ0) is 13.2. The highest BCUT2D eigenvalue weighted by Gasteiger charge is 2.03. The van der Waals surface area contributed by atoms with Crippen molar-refractivity contribution in [3.05, 3.63) is 71.2 Å². The first-order valence-electron chi connectivity index (χ1n) is 6.02. The van der Waals surface area contributed by atoms with Gasteiger partial charge < -0.3 is 0 Å². The molecule has 3 aromatic carbocycles. The molecule has 3 aromatic rings. The Morgan fingerprint density at radius 3 is 2.21 bits per heavy atom. The number of benzene rings is 3. The van der Waals surface area contributed by atoms with Crippen LogP contribution in [-0.4, -0.2) is 6.29 Å². The van der Waals surface area contributed by atoms with Gasteiger partial charge in [0.15, 0.2) is 6.29 Å². The lowest BCUT2D eigenvalue weighted by atomic mass is 10.0. The Kier molecular flexibility index (Phi) is 3.06. The van der Waals surface area contributed by atoms with E-state index in [1.165, 1.54) is 10.8 Å². The SMILES string of the molecule is O=Cc1ccc(-c2ccc3ccccc3c2)cc1Cl. The first-order valence-corrected chi connectivity index (χ1v) is 6.39. The molecule has 92 valence electrons. The molecule has 0 aliphatic heterocycles. The maximum Gasteiger partial charge on any atom is 0.151 e. The molecule has 0 aliphatic carbocycles. The molecule has 19 heavy (non-hydrogen) atoms. The van der Waals surface area contributed by atoms with E-state index in [0.717, 1.165) is 17.4 Å². The fraction of sp³-hybridized carbons (Fsp3) is 0. The molecule has 0 amide bonds. The van der Waals surface area contributed by atoms with E-state index >= 15 is 0 Å². The van der Waals surface area contributed by atoms with E-state index in [0.29, 0.717) is 10.6 Å². The van der Waals surface area contributed by atoms with Gasteiger partial charge in [0.1, 0.15) is 0 Å². The van der Waals surface area contributed by atoms with E-state index in [9.17, 15) is 4.79 Å². The Morgan fingerprint density at radius 2 is 1.47 bits per heavy atom. The van der Waals surface area contributed by atoms with Gasteiger partial charge in [0.25, 0.3) is 0 Å². The highest BCUT2D eigenvalue weighted by molar-refractivity contribution is 6.33. The van der Waals surface area contributed by atoms with Gasteiger partial charge >= 0.3 is 0 Å². The Labute approximate surface area is 116 Å². The van der Waals surface area contributed by atoms with Crippen LogP contribution in [0, 0.1) is 0 Å². The molecule has 0 radical (unpaired) electrons. The third kappa shape index (κ3) is 2.25. The van der Waals surface area contributed by atoms with E-state index < -0.39 is 0 Å². The lowest BCUT2D eigenvalue weighted by molar-refractivity contribution is 0.112. The molecule has 0 fully saturated rings. The van der Waals surface area contributed by atoms with Crippen LogP contribution in [0.3, 0.4) is 0 Å². The monoisotopic (exact) mass is 266 g/mol. The van der Waals surface area contributed by atoms with E-state index in [1.807, 2.05) is 24.3 Å². The number of hydrogen-bond acceptors (Lipinski definition) is 1. The molecular formula is C17H11ClO. The molecule has 0 N–H and O–H groups in total. The number of hydrogen-bond donors (Lipinski definition) is 0. The number of carbonyl (C=O) groups is 1. The van der Waals surface area contributed by atoms with Crippen LogP contribution in [-0.2, 0) is 0 Å². The maximum absolute atomic E-state index is 10.8. The molecular weight excluding hydrogens is 256 g/mol. The van der Waals surface area contributed by atoms with Crippen molar-refractivity contribution in [1.29, 1.82) is 0 Å². The van der Waals surface area contributed by atoms with E-state index in [1.54, 1.807) is 6.07 Å². The van der Waals surface area contributed by atoms with Crippen LogP contribution in [0.5, 0.6) is 0 Å². The van der Waals surface area contributed by atoms with Crippen molar-refractivity contribution >= 4 is 28.7 Å². The minimum absolute atomic E-state index is 0.487. The molecule has 2 heteroatoms. The molecule has 0 atom stereocenters. The second-order valence-corrected chi connectivity index (χ2v) is 4.82. The van der Waals surface area contributed by atoms with Gasteiger partial charge in [0.05, 0.1) is 5.02 Å². The summed E-state index contributed by atoms with van der Waals surface area (Å²) in [5.74, 6) is 0. The molecule has 0 unspecified atom stereocenters. The summed E-state index contributed by atoms with van der Waals surface area (Å²) in [6.45, 7) is 0. The van der Waals surface area contributed by atoms with Crippen molar-refractivity contribution in [1.82, 2.24) is 0 Å². The van der Waals surface area contributed by atoms with Crippen molar-refractivity contribution in [2.24, 2.45) is 0 Å². The number of halogens is 1. The van der Waals surface area contributed by atoms with Gasteiger partial charge in [-0.15, -0.1) is 0 Å². The lowest BCUT2D eigenvalue weighted by Crippen LogP contribution is -1.84. The van der Waals surface area contributed by atoms with E-state index in [2.05, 4.69) is 30.3 Å². The second kappa shape index (κ2) is 4.87. The molecule has 1 nitrogen and oxygen atoms in total. The molecule has 3 rings (SSSR count). The summed E-state index contributed by atoms with van der Waals surface area (Å²) >= 11 is 6.07. The van der Waals surface area contributed by atoms with Crippen LogP contribution in [0.25, 0.3) is 21.9 Å². The van der Waals surface area contributed by atoms with Gasteiger partial charge in [-0.2, -0.15) is 0 Å². The summed E-state index contributed by atoms with van der Waals surface area (Å²) in [5.41, 5.74) is 2.63. The molecule has 0 heterocycles. The smallest absolute Gasteiger partial charge is 0.151 e. The van der Waals surface area contributed by atoms with Crippen molar-refractivity contribution < 1.29 is 4.79 Å². The fourth-order valence-electron chi connectivity index (χ4n) is 2.17. The minimum atomic E-state index is 0.487. The summed E-state index contributed by atoms with van der Waals surface area (Å²) in [7, 11) is 0. The van der Waals surface area contributed by atoms with Crippen molar-refractivity contribution in [3.8, 4) is 11.1 Å². The van der Waals surface area contributed by atoms with Gasteiger partial charge in [0, 0.05) is 5.56 Å². The van der Waals surface area contributed by atoms with Crippen LogP contribution in [0.4, 0.5) is 0 Å². The normalized spacial score (nSPS) is 10.6. The van der Waals surface area contributed by atoms with Crippen LogP contribution >= 0.6 is 11.6 Å². The molecule has 0 saturated carbocycles. The highest BCUT2D eigenvalue weighted by Crippen LogP contribution is 2.27. The second-order valence-electron chi connectivity index (χ2n) is 4.42. The zero-order valence-electron chi connectivity index (χ0n) is 10.1. The first kappa shape index (κ1) is 11.9.